The molecule has 1 fully saturated rings. The van der Waals surface area contributed by atoms with Crippen molar-refractivity contribution >= 4 is 22.6 Å². The molecule has 2 aromatic heterocycles. The third-order valence-corrected chi connectivity index (χ3v) is 5.85. The molecule has 0 atom stereocenters. The van der Waals surface area contributed by atoms with Gasteiger partial charge in [-0.25, -0.2) is 9.97 Å². The summed E-state index contributed by atoms with van der Waals surface area (Å²) in [4.78, 5) is 10.9. The number of aromatic nitrogens is 3. The molecular weight excluding hydrogens is 362 g/mol. The van der Waals surface area contributed by atoms with E-state index < -0.39 is 0 Å². The maximum atomic E-state index is 9.39. The smallest absolute Gasteiger partial charge is 0.225 e. The minimum absolute atomic E-state index is 0.00447. The van der Waals surface area contributed by atoms with E-state index >= 15 is 0 Å². The van der Waals surface area contributed by atoms with Crippen LogP contribution in [-0.2, 0) is 13.5 Å². The fourth-order valence-electron chi connectivity index (χ4n) is 4.12. The van der Waals surface area contributed by atoms with Gasteiger partial charge >= 0.3 is 0 Å². The van der Waals surface area contributed by atoms with Crippen LogP contribution in [0.15, 0.2) is 49.4 Å². The first-order valence-electron chi connectivity index (χ1n) is 10.3. The highest BCUT2D eigenvalue weighted by Gasteiger charge is 2.20. The average Bonchev–Trinajstić information content (AvgIpc) is 3.08. The quantitative estimate of drug-likeness (QED) is 0.476. The lowest BCUT2D eigenvalue weighted by molar-refractivity contribution is 0.381. The van der Waals surface area contributed by atoms with Gasteiger partial charge in [-0.15, -0.1) is 0 Å². The molecule has 152 valence electrons. The van der Waals surface area contributed by atoms with E-state index in [2.05, 4.69) is 68.8 Å². The van der Waals surface area contributed by atoms with Gasteiger partial charge in [0.2, 0.25) is 5.95 Å². The topological polar surface area (TPSA) is 66.2 Å². The van der Waals surface area contributed by atoms with E-state index in [1.54, 1.807) is 12.4 Å². The molecule has 0 unspecified atom stereocenters. The fourth-order valence-corrected chi connectivity index (χ4v) is 4.12. The number of nitrogens with zero attached hydrogens (tertiary/aromatic N) is 4. The van der Waals surface area contributed by atoms with Crippen LogP contribution < -0.4 is 10.2 Å². The zero-order chi connectivity index (χ0) is 20.2. The number of benzene rings is 1. The molecule has 2 N–H and O–H groups in total. The summed E-state index contributed by atoms with van der Waals surface area (Å²) < 4.78 is 2.21. The van der Waals surface area contributed by atoms with Crippen molar-refractivity contribution in [2.45, 2.75) is 19.3 Å². The molecule has 3 heterocycles. The number of nitrogens with one attached hydrogen (secondary N) is 1. The number of fused-ring (bicyclic) bond motifs is 1. The molecule has 29 heavy (non-hydrogen) atoms. The van der Waals surface area contributed by atoms with E-state index in [-0.39, 0.29) is 5.76 Å². The molecule has 1 aliphatic heterocycles. The van der Waals surface area contributed by atoms with Crippen LogP contribution in [-0.4, -0.2) is 45.8 Å². The predicted octanol–water partition coefficient (Wildman–Crippen LogP) is 3.55. The second kappa shape index (κ2) is 8.66. The van der Waals surface area contributed by atoms with Gasteiger partial charge in [-0.3, -0.25) is 0 Å². The molecule has 0 saturated carbocycles. The highest BCUT2D eigenvalue weighted by molar-refractivity contribution is 5.83. The number of aliphatic hydroxyl groups is 1. The molecule has 4 rings (SSSR count). The number of aryl methyl sites for hydroxylation is 1. The molecule has 1 aliphatic rings. The van der Waals surface area contributed by atoms with Crippen molar-refractivity contribution in [1.82, 2.24) is 19.9 Å². The Hall–Kier alpha value is -2.86. The van der Waals surface area contributed by atoms with Crippen LogP contribution in [0.5, 0.6) is 0 Å². The van der Waals surface area contributed by atoms with Crippen LogP contribution in [0.2, 0.25) is 0 Å². The minimum Gasteiger partial charge on any atom is -0.508 e. The Balaban J connectivity index is 1.21. The Labute approximate surface area is 171 Å². The van der Waals surface area contributed by atoms with Crippen molar-refractivity contribution in [2.24, 2.45) is 13.0 Å². The van der Waals surface area contributed by atoms with Crippen LogP contribution in [0, 0.1) is 5.92 Å². The molecule has 1 saturated heterocycles. The predicted molar refractivity (Wildman–Crippen MR) is 118 cm³/mol. The number of para-hydroxylation sites is 1. The van der Waals surface area contributed by atoms with Gasteiger partial charge in [-0.05, 0) is 49.9 Å². The van der Waals surface area contributed by atoms with Crippen LogP contribution in [0.25, 0.3) is 16.7 Å². The van der Waals surface area contributed by atoms with Crippen LogP contribution in [0.4, 0.5) is 5.95 Å². The van der Waals surface area contributed by atoms with Gasteiger partial charge < -0.3 is 19.9 Å². The lowest BCUT2D eigenvalue weighted by Gasteiger charge is -2.32. The number of anilines is 1. The molecule has 0 bridgehead atoms. The monoisotopic (exact) mass is 391 g/mol. The Bertz CT molecular complexity index is 971. The van der Waals surface area contributed by atoms with Crippen LogP contribution in [0.1, 0.15) is 24.0 Å². The normalized spacial score (nSPS) is 15.1. The van der Waals surface area contributed by atoms with Crippen molar-refractivity contribution < 1.29 is 5.11 Å². The summed E-state index contributed by atoms with van der Waals surface area (Å²) in [5.74, 6) is 1.43. The lowest BCUT2D eigenvalue weighted by atomic mass is 9.97. The van der Waals surface area contributed by atoms with E-state index in [1.165, 1.54) is 16.5 Å². The van der Waals surface area contributed by atoms with Crippen molar-refractivity contribution in [1.29, 1.82) is 0 Å². The van der Waals surface area contributed by atoms with Gasteiger partial charge in [-0.1, -0.05) is 24.8 Å². The van der Waals surface area contributed by atoms with Crippen molar-refractivity contribution in [3.63, 3.8) is 0 Å². The molecule has 0 radical (unpaired) electrons. The molecular formula is C23H29N5O. The van der Waals surface area contributed by atoms with E-state index in [9.17, 15) is 5.11 Å². The van der Waals surface area contributed by atoms with Gasteiger partial charge in [0.15, 0.2) is 0 Å². The first-order valence-corrected chi connectivity index (χ1v) is 10.3. The summed E-state index contributed by atoms with van der Waals surface area (Å²) in [6, 6.07) is 8.60. The highest BCUT2D eigenvalue weighted by Crippen LogP contribution is 2.22. The molecule has 0 aliphatic carbocycles. The maximum Gasteiger partial charge on any atom is 0.225 e. The minimum atomic E-state index is 0.00447. The van der Waals surface area contributed by atoms with Gasteiger partial charge in [0.05, 0.1) is 5.56 Å². The number of aliphatic hydroxyl groups excluding tert-OH is 1. The largest absolute Gasteiger partial charge is 0.508 e. The average molecular weight is 392 g/mol. The van der Waals surface area contributed by atoms with Crippen molar-refractivity contribution in [3.05, 3.63) is 60.6 Å². The van der Waals surface area contributed by atoms with Gasteiger partial charge in [0, 0.05) is 49.6 Å². The van der Waals surface area contributed by atoms with Gasteiger partial charge in [0.1, 0.15) is 5.76 Å². The number of hydrogen-bond donors (Lipinski definition) is 2. The maximum absolute atomic E-state index is 9.39. The lowest BCUT2D eigenvalue weighted by Crippen LogP contribution is -2.38. The molecule has 6 heteroatoms. The molecule has 6 nitrogen and oxygen atoms in total. The molecule has 1 aromatic carbocycles. The SMILES string of the molecule is C=C(O)c1cnc(N2CCC(CNCCc3cn(C)c4ccccc34)CC2)nc1. The van der Waals surface area contributed by atoms with E-state index in [0.29, 0.717) is 11.5 Å². The van der Waals surface area contributed by atoms with E-state index in [0.717, 1.165) is 51.4 Å². The Morgan fingerprint density at radius 2 is 1.93 bits per heavy atom. The zero-order valence-corrected chi connectivity index (χ0v) is 17.0. The first kappa shape index (κ1) is 19.5. The van der Waals surface area contributed by atoms with Crippen molar-refractivity contribution in [3.8, 4) is 0 Å². The molecule has 0 spiro atoms. The number of hydrogen-bond acceptors (Lipinski definition) is 5. The Morgan fingerprint density at radius 3 is 2.66 bits per heavy atom. The second-order valence-corrected chi connectivity index (χ2v) is 7.89. The van der Waals surface area contributed by atoms with E-state index in [4.69, 9.17) is 0 Å². The van der Waals surface area contributed by atoms with Crippen LogP contribution in [0.3, 0.4) is 0 Å². The Morgan fingerprint density at radius 1 is 1.21 bits per heavy atom. The summed E-state index contributed by atoms with van der Waals surface area (Å²) in [5, 5.41) is 14.4. The Kier molecular flexibility index (Phi) is 5.81. The fraction of sp³-hybridized carbons (Fsp3) is 0.391. The number of rotatable bonds is 7. The zero-order valence-electron chi connectivity index (χ0n) is 17.0. The highest BCUT2D eigenvalue weighted by atomic mass is 16.3. The standard InChI is InChI=1S/C23H29N5O/c1-17(29)20-14-25-23(26-15-20)28-11-8-18(9-12-28)13-24-10-7-19-16-27(2)22-6-4-3-5-21(19)22/h3-6,14-16,18,24,29H,1,7-13H2,2H3. The second-order valence-electron chi connectivity index (χ2n) is 7.89. The third-order valence-electron chi connectivity index (χ3n) is 5.85. The van der Waals surface area contributed by atoms with Crippen LogP contribution >= 0.6 is 0 Å². The summed E-state index contributed by atoms with van der Waals surface area (Å²) in [6.07, 6.45) is 8.84. The third kappa shape index (κ3) is 4.43. The molecule has 0 amide bonds. The molecule has 3 aromatic rings. The summed E-state index contributed by atoms with van der Waals surface area (Å²) >= 11 is 0. The summed E-state index contributed by atoms with van der Waals surface area (Å²) in [7, 11) is 2.12. The number of piperidine rings is 1. The van der Waals surface area contributed by atoms with Gasteiger partial charge in [0.25, 0.3) is 0 Å². The first-order chi connectivity index (χ1) is 14.1. The van der Waals surface area contributed by atoms with Crippen molar-refractivity contribution in [2.75, 3.05) is 31.1 Å². The van der Waals surface area contributed by atoms with E-state index in [1.807, 2.05) is 0 Å². The summed E-state index contributed by atoms with van der Waals surface area (Å²) in [5.41, 5.74) is 3.28. The summed E-state index contributed by atoms with van der Waals surface area (Å²) in [6.45, 7) is 7.50. The van der Waals surface area contributed by atoms with Gasteiger partial charge in [-0.2, -0.15) is 0 Å².